The van der Waals surface area contributed by atoms with Crippen molar-refractivity contribution < 1.29 is 14.7 Å². The monoisotopic (exact) mass is 276 g/mol. The van der Waals surface area contributed by atoms with Crippen molar-refractivity contribution in [2.75, 3.05) is 11.4 Å². The Labute approximate surface area is 118 Å². The Morgan fingerprint density at radius 1 is 1.45 bits per heavy atom. The van der Waals surface area contributed by atoms with E-state index in [0.717, 1.165) is 24.8 Å². The van der Waals surface area contributed by atoms with Crippen molar-refractivity contribution in [3.05, 3.63) is 29.3 Å². The standard InChI is InChI=1S/C15H20N2O3/c1-2-3-4-12(16)14(18)17-8-7-10-5-6-11(15(19)20)9-13(10)17/h5-6,9,12H,2-4,7-8,16H2,1H3,(H,19,20). The maximum absolute atomic E-state index is 12.3. The zero-order valence-corrected chi connectivity index (χ0v) is 11.6. The summed E-state index contributed by atoms with van der Waals surface area (Å²) >= 11 is 0. The predicted octanol–water partition coefficient (Wildman–Crippen LogP) is 1.79. The van der Waals surface area contributed by atoms with Crippen LogP contribution in [0.3, 0.4) is 0 Å². The fourth-order valence-electron chi connectivity index (χ4n) is 2.49. The van der Waals surface area contributed by atoms with Crippen molar-refractivity contribution >= 4 is 17.6 Å². The van der Waals surface area contributed by atoms with E-state index >= 15 is 0 Å². The van der Waals surface area contributed by atoms with E-state index in [1.165, 1.54) is 0 Å². The highest BCUT2D eigenvalue weighted by molar-refractivity contribution is 6.00. The van der Waals surface area contributed by atoms with Crippen LogP contribution < -0.4 is 10.6 Å². The molecule has 3 N–H and O–H groups in total. The van der Waals surface area contributed by atoms with Gasteiger partial charge in [-0.1, -0.05) is 25.8 Å². The number of rotatable bonds is 5. The highest BCUT2D eigenvalue weighted by Crippen LogP contribution is 2.29. The summed E-state index contributed by atoms with van der Waals surface area (Å²) in [6.45, 7) is 2.64. The second-order valence-corrected chi connectivity index (χ2v) is 5.14. The Bertz CT molecular complexity index is 528. The lowest BCUT2D eigenvalue weighted by Gasteiger charge is -2.21. The maximum Gasteiger partial charge on any atom is 0.335 e. The zero-order chi connectivity index (χ0) is 14.7. The molecule has 108 valence electrons. The fourth-order valence-corrected chi connectivity index (χ4v) is 2.49. The second-order valence-electron chi connectivity index (χ2n) is 5.14. The summed E-state index contributed by atoms with van der Waals surface area (Å²) < 4.78 is 0. The van der Waals surface area contributed by atoms with E-state index in [2.05, 4.69) is 6.92 Å². The molecule has 1 aromatic rings. The van der Waals surface area contributed by atoms with E-state index in [4.69, 9.17) is 10.8 Å². The van der Waals surface area contributed by atoms with Crippen LogP contribution in [0.4, 0.5) is 5.69 Å². The highest BCUT2D eigenvalue weighted by atomic mass is 16.4. The molecule has 5 heteroatoms. The van der Waals surface area contributed by atoms with E-state index < -0.39 is 12.0 Å². The molecular weight excluding hydrogens is 256 g/mol. The number of amides is 1. The third-order valence-electron chi connectivity index (χ3n) is 3.68. The summed E-state index contributed by atoms with van der Waals surface area (Å²) in [4.78, 5) is 25.0. The highest BCUT2D eigenvalue weighted by Gasteiger charge is 2.28. The first-order valence-electron chi connectivity index (χ1n) is 6.97. The van der Waals surface area contributed by atoms with Crippen LogP contribution >= 0.6 is 0 Å². The van der Waals surface area contributed by atoms with Crippen molar-refractivity contribution in [2.24, 2.45) is 5.73 Å². The Balaban J connectivity index is 2.19. The number of anilines is 1. The van der Waals surface area contributed by atoms with Gasteiger partial charge in [0.25, 0.3) is 0 Å². The third kappa shape index (κ3) is 2.82. The molecule has 0 aromatic heterocycles. The Morgan fingerprint density at radius 3 is 2.85 bits per heavy atom. The predicted molar refractivity (Wildman–Crippen MR) is 77.0 cm³/mol. The van der Waals surface area contributed by atoms with Crippen molar-refractivity contribution in [2.45, 2.75) is 38.6 Å². The molecule has 1 unspecified atom stereocenters. The topological polar surface area (TPSA) is 83.6 Å². The maximum atomic E-state index is 12.3. The summed E-state index contributed by atoms with van der Waals surface area (Å²) in [5.74, 6) is -1.10. The number of carboxylic acids is 1. The molecule has 1 atom stereocenters. The molecule has 0 aliphatic carbocycles. The third-order valence-corrected chi connectivity index (χ3v) is 3.68. The van der Waals surface area contributed by atoms with Gasteiger partial charge in [-0.25, -0.2) is 4.79 Å². The first-order valence-corrected chi connectivity index (χ1v) is 6.97. The number of aromatic carboxylic acids is 1. The number of hydrogen-bond acceptors (Lipinski definition) is 3. The molecule has 1 aliphatic rings. The van der Waals surface area contributed by atoms with Crippen molar-refractivity contribution in [3.8, 4) is 0 Å². The number of nitrogens with zero attached hydrogens (tertiary/aromatic N) is 1. The number of nitrogens with two attached hydrogens (primary N) is 1. The second kappa shape index (κ2) is 6.05. The Hall–Kier alpha value is -1.88. The van der Waals surface area contributed by atoms with Crippen LogP contribution in [0.25, 0.3) is 0 Å². The molecule has 5 nitrogen and oxygen atoms in total. The smallest absolute Gasteiger partial charge is 0.335 e. The number of fused-ring (bicyclic) bond motifs is 1. The van der Waals surface area contributed by atoms with Gasteiger partial charge < -0.3 is 15.7 Å². The Kier molecular flexibility index (Phi) is 4.39. The minimum absolute atomic E-state index is 0.111. The summed E-state index contributed by atoms with van der Waals surface area (Å²) in [5, 5.41) is 9.04. The van der Waals surface area contributed by atoms with Crippen LogP contribution in [0.2, 0.25) is 0 Å². The van der Waals surface area contributed by atoms with E-state index in [-0.39, 0.29) is 11.5 Å². The zero-order valence-electron chi connectivity index (χ0n) is 11.6. The summed E-state index contributed by atoms with van der Waals surface area (Å²) in [7, 11) is 0. The van der Waals surface area contributed by atoms with Gasteiger partial charge in [0.05, 0.1) is 11.6 Å². The molecule has 20 heavy (non-hydrogen) atoms. The van der Waals surface area contributed by atoms with Gasteiger partial charge in [-0.15, -0.1) is 0 Å². The molecule has 0 saturated carbocycles. The van der Waals surface area contributed by atoms with Crippen LogP contribution in [-0.4, -0.2) is 29.6 Å². The molecule has 0 bridgehead atoms. The lowest BCUT2D eigenvalue weighted by atomic mass is 10.1. The average molecular weight is 276 g/mol. The molecule has 1 amide bonds. The molecule has 1 aliphatic heterocycles. The molecule has 1 heterocycles. The number of benzene rings is 1. The van der Waals surface area contributed by atoms with Crippen molar-refractivity contribution in [1.29, 1.82) is 0 Å². The van der Waals surface area contributed by atoms with Crippen LogP contribution in [0.1, 0.15) is 42.1 Å². The Morgan fingerprint density at radius 2 is 2.20 bits per heavy atom. The minimum Gasteiger partial charge on any atom is -0.478 e. The fraction of sp³-hybridized carbons (Fsp3) is 0.467. The summed E-state index contributed by atoms with van der Waals surface area (Å²) in [6, 6.07) is 4.42. The van der Waals surface area contributed by atoms with Gasteiger partial charge in [-0.05, 0) is 30.5 Å². The normalized spacial score (nSPS) is 15.0. The van der Waals surface area contributed by atoms with Crippen molar-refractivity contribution in [1.82, 2.24) is 0 Å². The van der Waals surface area contributed by atoms with E-state index in [0.29, 0.717) is 18.7 Å². The first-order chi connectivity index (χ1) is 9.54. The molecule has 0 fully saturated rings. The summed E-state index contributed by atoms with van der Waals surface area (Å²) in [5.41, 5.74) is 7.83. The molecule has 1 aromatic carbocycles. The van der Waals surface area contributed by atoms with Gasteiger partial charge in [-0.2, -0.15) is 0 Å². The molecule has 0 spiro atoms. The van der Waals surface area contributed by atoms with E-state index in [1.54, 1.807) is 23.1 Å². The van der Waals surface area contributed by atoms with Gasteiger partial charge in [0.2, 0.25) is 5.91 Å². The molecule has 0 saturated heterocycles. The number of hydrogen-bond donors (Lipinski definition) is 2. The number of carbonyl (C=O) groups is 2. The van der Waals surface area contributed by atoms with Crippen LogP contribution in [0.5, 0.6) is 0 Å². The van der Waals surface area contributed by atoms with Crippen LogP contribution in [0.15, 0.2) is 18.2 Å². The molecule has 0 radical (unpaired) electrons. The van der Waals surface area contributed by atoms with Crippen LogP contribution in [0, 0.1) is 0 Å². The summed E-state index contributed by atoms with van der Waals surface area (Å²) in [6.07, 6.45) is 3.34. The van der Waals surface area contributed by atoms with Gasteiger partial charge in [-0.3, -0.25) is 4.79 Å². The van der Waals surface area contributed by atoms with Gasteiger partial charge in [0.1, 0.15) is 0 Å². The average Bonchev–Trinajstić information content (AvgIpc) is 2.86. The first kappa shape index (κ1) is 14.5. The number of carboxylic acid groups (broad SMARTS) is 1. The minimum atomic E-state index is -0.984. The number of unbranched alkanes of at least 4 members (excludes halogenated alkanes) is 1. The number of carbonyl (C=O) groups excluding carboxylic acids is 1. The van der Waals surface area contributed by atoms with E-state index in [1.807, 2.05) is 0 Å². The molecular formula is C15H20N2O3. The van der Waals surface area contributed by atoms with Gasteiger partial charge >= 0.3 is 5.97 Å². The SMILES string of the molecule is CCCCC(N)C(=O)N1CCc2ccc(C(=O)O)cc21. The van der Waals surface area contributed by atoms with Crippen LogP contribution in [-0.2, 0) is 11.2 Å². The lowest BCUT2D eigenvalue weighted by molar-refractivity contribution is -0.119. The quantitative estimate of drug-likeness (QED) is 0.858. The van der Waals surface area contributed by atoms with Crippen molar-refractivity contribution in [3.63, 3.8) is 0 Å². The largest absolute Gasteiger partial charge is 0.478 e. The van der Waals surface area contributed by atoms with Gasteiger partial charge in [0, 0.05) is 12.2 Å². The van der Waals surface area contributed by atoms with E-state index in [9.17, 15) is 9.59 Å². The lowest BCUT2D eigenvalue weighted by Crippen LogP contribution is -2.43. The molecule has 2 rings (SSSR count). The van der Waals surface area contributed by atoms with Gasteiger partial charge in [0.15, 0.2) is 0 Å².